The molecule has 1 atom stereocenters. The Morgan fingerprint density at radius 1 is 1.34 bits per heavy atom. The van der Waals surface area contributed by atoms with Crippen LogP contribution < -0.4 is 10.1 Å². The lowest BCUT2D eigenvalue weighted by Gasteiger charge is -2.16. The number of nitrogens with zero attached hydrogens (tertiary/aromatic N) is 4. The lowest BCUT2D eigenvalue weighted by molar-refractivity contribution is -0.113. The fourth-order valence-electron chi connectivity index (χ4n) is 2.94. The van der Waals surface area contributed by atoms with E-state index in [1.807, 2.05) is 0 Å². The molecule has 0 bridgehead atoms. The Morgan fingerprint density at radius 2 is 2.11 bits per heavy atom. The van der Waals surface area contributed by atoms with Crippen molar-refractivity contribution in [2.45, 2.75) is 38.6 Å². The van der Waals surface area contributed by atoms with Crippen molar-refractivity contribution in [3.05, 3.63) is 58.9 Å². The Labute approximate surface area is 208 Å². The second kappa shape index (κ2) is 11.9. The van der Waals surface area contributed by atoms with Crippen molar-refractivity contribution in [3.63, 3.8) is 0 Å². The van der Waals surface area contributed by atoms with E-state index >= 15 is 0 Å². The monoisotopic (exact) mass is 523 g/mol. The van der Waals surface area contributed by atoms with E-state index in [1.54, 1.807) is 31.4 Å². The maximum Gasteiger partial charge on any atom is 0.350 e. The molecule has 0 spiro atoms. The Kier molecular flexibility index (Phi) is 8.93. The van der Waals surface area contributed by atoms with Gasteiger partial charge in [0.25, 0.3) is 0 Å². The Bertz CT molecular complexity index is 1230. The summed E-state index contributed by atoms with van der Waals surface area (Å²) >= 11 is 2.16. The molecule has 2 aromatic heterocycles. The highest BCUT2D eigenvalue weighted by atomic mass is 32.2. The summed E-state index contributed by atoms with van der Waals surface area (Å²) in [6.07, 6.45) is 0.905. The summed E-state index contributed by atoms with van der Waals surface area (Å²) in [6, 6.07) is 3.03. The smallest absolute Gasteiger partial charge is 0.350 e. The number of thioether (sulfide) groups is 1. The van der Waals surface area contributed by atoms with Crippen LogP contribution in [0.2, 0.25) is 0 Å². The van der Waals surface area contributed by atoms with Gasteiger partial charge in [0.1, 0.15) is 10.7 Å². The average molecular weight is 524 g/mol. The molecule has 13 heteroatoms. The first kappa shape index (κ1) is 26.3. The number of aryl methyl sites for hydroxylation is 1. The molecule has 0 fully saturated rings. The molecule has 9 nitrogen and oxygen atoms in total. The van der Waals surface area contributed by atoms with E-state index in [9.17, 15) is 18.4 Å². The van der Waals surface area contributed by atoms with E-state index in [0.29, 0.717) is 28.1 Å². The van der Waals surface area contributed by atoms with Crippen molar-refractivity contribution in [1.82, 2.24) is 19.7 Å². The molecule has 0 saturated heterocycles. The van der Waals surface area contributed by atoms with E-state index in [4.69, 9.17) is 9.47 Å². The van der Waals surface area contributed by atoms with Gasteiger partial charge in [-0.05, 0) is 32.9 Å². The maximum absolute atomic E-state index is 14.0. The predicted octanol–water partition coefficient (Wildman–Crippen LogP) is 4.55. The van der Waals surface area contributed by atoms with E-state index in [2.05, 4.69) is 27.1 Å². The van der Waals surface area contributed by atoms with E-state index in [0.717, 1.165) is 35.2 Å². The van der Waals surface area contributed by atoms with Gasteiger partial charge in [-0.3, -0.25) is 9.36 Å². The zero-order valence-electron chi connectivity index (χ0n) is 19.2. The lowest BCUT2D eigenvalue weighted by Crippen LogP contribution is -2.15. The number of aromatic nitrogens is 4. The molecule has 186 valence electrons. The van der Waals surface area contributed by atoms with Crippen molar-refractivity contribution >= 4 is 40.1 Å². The quantitative estimate of drug-likeness (QED) is 0.222. The summed E-state index contributed by atoms with van der Waals surface area (Å²) in [5.41, 5.74) is 0.471. The van der Waals surface area contributed by atoms with Crippen LogP contribution in [0, 0.1) is 18.6 Å². The number of hydrogen-bond donors (Lipinski definition) is 1. The Balaban J connectivity index is 1.66. The lowest BCUT2D eigenvalue weighted by atomic mass is 10.3. The number of esters is 1. The van der Waals surface area contributed by atoms with Gasteiger partial charge in [-0.1, -0.05) is 29.2 Å². The van der Waals surface area contributed by atoms with E-state index in [-0.39, 0.29) is 29.1 Å². The Morgan fingerprint density at radius 3 is 2.80 bits per heavy atom. The molecular weight excluding hydrogens is 500 g/mol. The molecule has 1 N–H and O–H groups in total. The molecule has 0 radical (unpaired) electrons. The predicted molar refractivity (Wildman–Crippen MR) is 128 cm³/mol. The minimum atomic E-state index is -0.832. The van der Waals surface area contributed by atoms with Gasteiger partial charge in [-0.25, -0.2) is 18.6 Å². The first-order valence-electron chi connectivity index (χ1n) is 10.5. The fourth-order valence-corrected chi connectivity index (χ4v) is 4.57. The van der Waals surface area contributed by atoms with Crippen molar-refractivity contribution < 1.29 is 27.8 Å². The number of nitrogens with one attached hydrogen (secondary N) is 1. The van der Waals surface area contributed by atoms with Gasteiger partial charge >= 0.3 is 5.97 Å². The molecule has 2 heterocycles. The van der Waals surface area contributed by atoms with Crippen molar-refractivity contribution in [1.29, 1.82) is 0 Å². The minimum absolute atomic E-state index is 0.00945. The number of carbonyl (C=O) groups is 2. The first-order chi connectivity index (χ1) is 16.7. The zero-order valence-corrected chi connectivity index (χ0v) is 20.8. The summed E-state index contributed by atoms with van der Waals surface area (Å²) in [7, 11) is 0. The number of benzene rings is 1. The van der Waals surface area contributed by atoms with Crippen LogP contribution in [0.1, 0.15) is 41.1 Å². The van der Waals surface area contributed by atoms with Crippen LogP contribution >= 0.6 is 23.1 Å². The third-order valence-corrected chi connectivity index (χ3v) is 6.47. The molecule has 1 unspecified atom stereocenters. The average Bonchev–Trinajstić information content (AvgIpc) is 3.37. The topological polar surface area (TPSA) is 108 Å². The van der Waals surface area contributed by atoms with Crippen LogP contribution in [-0.2, 0) is 16.1 Å². The fraction of sp³-hybridized carbons (Fsp3) is 0.318. The van der Waals surface area contributed by atoms with E-state index < -0.39 is 23.7 Å². The highest BCUT2D eigenvalue weighted by molar-refractivity contribution is 7.99. The number of amides is 1. The van der Waals surface area contributed by atoms with Crippen molar-refractivity contribution in [2.75, 3.05) is 17.7 Å². The molecule has 0 aliphatic rings. The number of allylic oxidation sites excluding steroid dienone is 1. The minimum Gasteiger partial charge on any atom is -0.480 e. The van der Waals surface area contributed by atoms with Gasteiger partial charge in [-0.2, -0.15) is 0 Å². The number of rotatable bonds is 11. The van der Waals surface area contributed by atoms with Crippen LogP contribution in [0.15, 0.2) is 36.0 Å². The van der Waals surface area contributed by atoms with Crippen LogP contribution in [0.5, 0.6) is 5.75 Å². The Hall–Kier alpha value is -3.32. The number of thiazole rings is 1. The molecule has 0 saturated carbocycles. The van der Waals surface area contributed by atoms with Gasteiger partial charge in [-0.15, -0.1) is 16.8 Å². The number of hydrogen-bond acceptors (Lipinski definition) is 9. The highest BCUT2D eigenvalue weighted by Gasteiger charge is 2.22. The molecule has 3 aromatic rings. The van der Waals surface area contributed by atoms with Crippen molar-refractivity contribution in [2.24, 2.45) is 0 Å². The summed E-state index contributed by atoms with van der Waals surface area (Å²) in [6.45, 7) is 9.30. The van der Waals surface area contributed by atoms with Crippen molar-refractivity contribution in [3.8, 4) is 5.75 Å². The SMILES string of the molecule is C=CCn1c(SCC(=O)Nc2nc(C)c(C(=O)OCC)s2)nnc1C(C)Oc1ccc(F)cc1F. The summed E-state index contributed by atoms with van der Waals surface area (Å²) in [5, 5.41) is 11.6. The van der Waals surface area contributed by atoms with Crippen LogP contribution in [0.4, 0.5) is 13.9 Å². The van der Waals surface area contributed by atoms with Gasteiger partial charge < -0.3 is 14.8 Å². The van der Waals surface area contributed by atoms with Gasteiger partial charge in [0.2, 0.25) is 5.91 Å². The molecule has 35 heavy (non-hydrogen) atoms. The normalized spacial score (nSPS) is 11.7. The standard InChI is InChI=1S/C22H23F2N5O4S2/c1-5-9-29-19(13(4)33-16-8-7-14(23)10-15(16)24)27-28-22(29)34-11-17(30)26-21-25-12(3)18(35-21)20(31)32-6-2/h5,7-8,10,13H,1,6,9,11H2,2-4H3,(H,25,26,30). The maximum atomic E-state index is 14.0. The van der Waals surface area contributed by atoms with Crippen LogP contribution in [0.25, 0.3) is 0 Å². The van der Waals surface area contributed by atoms with E-state index in [1.165, 1.54) is 6.07 Å². The summed E-state index contributed by atoms with van der Waals surface area (Å²) in [4.78, 5) is 28.9. The van der Waals surface area contributed by atoms with Gasteiger partial charge in [0, 0.05) is 12.6 Å². The van der Waals surface area contributed by atoms with Gasteiger partial charge in [0.05, 0.1) is 18.1 Å². The second-order valence-corrected chi connectivity index (χ2v) is 9.01. The van der Waals surface area contributed by atoms with Gasteiger partial charge in [0.15, 0.2) is 33.8 Å². The number of carbonyl (C=O) groups excluding carboxylic acids is 2. The molecule has 0 aliphatic heterocycles. The summed E-state index contributed by atoms with van der Waals surface area (Å²) in [5.74, 6) is -2.14. The zero-order chi connectivity index (χ0) is 25.5. The molecule has 1 amide bonds. The molecule has 1 aromatic carbocycles. The number of halogens is 2. The molecular formula is C22H23F2N5O4S2. The largest absolute Gasteiger partial charge is 0.480 e. The molecule has 3 rings (SSSR count). The first-order valence-corrected chi connectivity index (χ1v) is 12.3. The number of anilines is 1. The number of ether oxygens (including phenoxy) is 2. The van der Waals surface area contributed by atoms with Crippen LogP contribution in [-0.4, -0.2) is 44.0 Å². The van der Waals surface area contributed by atoms with Crippen LogP contribution in [0.3, 0.4) is 0 Å². The summed E-state index contributed by atoms with van der Waals surface area (Å²) < 4.78 is 39.4. The third-order valence-electron chi connectivity index (χ3n) is 4.45. The second-order valence-electron chi connectivity index (χ2n) is 7.07. The highest BCUT2D eigenvalue weighted by Crippen LogP contribution is 2.27. The molecule has 0 aliphatic carbocycles. The third kappa shape index (κ3) is 6.63.